The van der Waals surface area contributed by atoms with Gasteiger partial charge in [0.25, 0.3) is 0 Å². The van der Waals surface area contributed by atoms with Crippen molar-refractivity contribution in [2.45, 2.75) is 20.4 Å². The van der Waals surface area contributed by atoms with Crippen molar-refractivity contribution in [2.75, 3.05) is 5.32 Å². The summed E-state index contributed by atoms with van der Waals surface area (Å²) >= 11 is 0. The smallest absolute Gasteiger partial charge is 0.308 e. The second-order valence-corrected chi connectivity index (χ2v) is 5.98. The van der Waals surface area contributed by atoms with E-state index in [4.69, 9.17) is 0 Å². The Hall–Kier alpha value is -3.48. The van der Waals surface area contributed by atoms with Gasteiger partial charge < -0.3 is 5.32 Å². The number of urea groups is 1. The van der Waals surface area contributed by atoms with Crippen LogP contribution in [-0.2, 0) is 11.3 Å². The van der Waals surface area contributed by atoms with Gasteiger partial charge in [-0.2, -0.15) is 5.10 Å². The van der Waals surface area contributed by atoms with Crippen molar-refractivity contribution >= 4 is 28.5 Å². The third-order valence-electron chi connectivity index (χ3n) is 4.07. The highest BCUT2D eigenvalue weighted by molar-refractivity contribution is 6.01. The van der Waals surface area contributed by atoms with Crippen LogP contribution in [0.4, 0.5) is 10.5 Å². The molecule has 0 aliphatic rings. The first-order chi connectivity index (χ1) is 12.4. The molecule has 0 aliphatic carbocycles. The normalized spacial score (nSPS) is 10.5. The SMILES string of the molecule is Cc1ccc(NC(=O)NC(=O)Cn2ncc(=O)c3ccccc32)cc1C. The third-order valence-corrected chi connectivity index (χ3v) is 4.07. The number of hydrogen-bond donors (Lipinski definition) is 2. The number of hydrogen-bond acceptors (Lipinski definition) is 4. The van der Waals surface area contributed by atoms with Crippen LogP contribution in [0.2, 0.25) is 0 Å². The van der Waals surface area contributed by atoms with E-state index in [9.17, 15) is 14.4 Å². The highest BCUT2D eigenvalue weighted by Gasteiger charge is 2.11. The second kappa shape index (κ2) is 7.18. The summed E-state index contributed by atoms with van der Waals surface area (Å²) in [6, 6.07) is 11.7. The molecule has 0 fully saturated rings. The summed E-state index contributed by atoms with van der Waals surface area (Å²) in [6.45, 7) is 3.74. The fourth-order valence-electron chi connectivity index (χ4n) is 2.57. The summed E-state index contributed by atoms with van der Waals surface area (Å²) in [4.78, 5) is 36.0. The number of para-hydroxylation sites is 1. The van der Waals surface area contributed by atoms with Gasteiger partial charge in [0.05, 0.1) is 11.7 Å². The van der Waals surface area contributed by atoms with E-state index in [-0.39, 0.29) is 12.0 Å². The van der Waals surface area contributed by atoms with Crippen molar-refractivity contribution in [3.8, 4) is 0 Å². The van der Waals surface area contributed by atoms with Crippen molar-refractivity contribution in [1.82, 2.24) is 15.1 Å². The van der Waals surface area contributed by atoms with Crippen LogP contribution in [0.15, 0.2) is 53.5 Å². The van der Waals surface area contributed by atoms with E-state index >= 15 is 0 Å². The molecule has 1 heterocycles. The molecule has 0 aliphatic heterocycles. The van der Waals surface area contributed by atoms with E-state index in [2.05, 4.69) is 15.7 Å². The van der Waals surface area contributed by atoms with Gasteiger partial charge in [0.2, 0.25) is 11.3 Å². The fraction of sp³-hybridized carbons (Fsp3) is 0.158. The zero-order valence-electron chi connectivity index (χ0n) is 14.4. The molecule has 2 N–H and O–H groups in total. The maximum absolute atomic E-state index is 12.2. The number of carbonyl (C=O) groups is 2. The molecule has 0 unspecified atom stereocenters. The number of aryl methyl sites for hydroxylation is 2. The molecule has 3 rings (SSSR count). The van der Waals surface area contributed by atoms with E-state index in [0.29, 0.717) is 16.6 Å². The molecule has 2 aromatic carbocycles. The lowest BCUT2D eigenvalue weighted by Gasteiger charge is -2.10. The Bertz CT molecular complexity index is 1060. The van der Waals surface area contributed by atoms with E-state index in [1.54, 1.807) is 30.3 Å². The molecule has 0 atom stereocenters. The van der Waals surface area contributed by atoms with Crippen LogP contribution in [0, 0.1) is 13.8 Å². The van der Waals surface area contributed by atoms with Gasteiger partial charge in [-0.25, -0.2) is 4.79 Å². The number of aromatic nitrogens is 2. The maximum Gasteiger partial charge on any atom is 0.325 e. The first-order valence-corrected chi connectivity index (χ1v) is 8.07. The summed E-state index contributed by atoms with van der Waals surface area (Å²) in [6.07, 6.45) is 1.16. The standard InChI is InChI=1S/C19H18N4O3/c1-12-7-8-14(9-13(12)2)21-19(26)22-18(25)11-23-16-6-4-3-5-15(16)17(24)10-20-23/h3-10H,11H2,1-2H3,(H2,21,22,25,26). The number of carbonyl (C=O) groups excluding carboxylic acids is 2. The number of imide groups is 1. The van der Waals surface area contributed by atoms with Crippen LogP contribution in [0.5, 0.6) is 0 Å². The molecule has 3 aromatic rings. The molecule has 1 aromatic heterocycles. The Morgan fingerprint density at radius 3 is 2.62 bits per heavy atom. The summed E-state index contributed by atoms with van der Waals surface area (Å²) in [5, 5.41) is 9.32. The predicted octanol–water partition coefficient (Wildman–Crippen LogP) is 2.36. The van der Waals surface area contributed by atoms with Crippen LogP contribution < -0.4 is 16.1 Å². The molecule has 0 spiro atoms. The topological polar surface area (TPSA) is 93.1 Å². The van der Waals surface area contributed by atoms with E-state index in [0.717, 1.165) is 17.3 Å². The van der Waals surface area contributed by atoms with Gasteiger partial charge >= 0.3 is 6.03 Å². The van der Waals surface area contributed by atoms with Crippen LogP contribution in [0.3, 0.4) is 0 Å². The lowest BCUT2D eigenvalue weighted by atomic mass is 10.1. The van der Waals surface area contributed by atoms with Gasteiger partial charge in [0, 0.05) is 11.1 Å². The molecule has 7 heteroatoms. The Morgan fingerprint density at radius 2 is 1.85 bits per heavy atom. The first-order valence-electron chi connectivity index (χ1n) is 8.07. The van der Waals surface area contributed by atoms with Crippen molar-refractivity contribution in [2.24, 2.45) is 0 Å². The van der Waals surface area contributed by atoms with E-state index < -0.39 is 11.9 Å². The van der Waals surface area contributed by atoms with Crippen molar-refractivity contribution in [3.63, 3.8) is 0 Å². The second-order valence-electron chi connectivity index (χ2n) is 5.98. The number of anilines is 1. The highest BCUT2D eigenvalue weighted by atomic mass is 16.2. The molecule has 0 saturated carbocycles. The molecule has 0 bridgehead atoms. The van der Waals surface area contributed by atoms with Gasteiger partial charge in [0.1, 0.15) is 6.54 Å². The quantitative estimate of drug-likeness (QED) is 0.758. The summed E-state index contributed by atoms with van der Waals surface area (Å²) in [5.41, 5.74) is 3.07. The number of benzene rings is 2. The van der Waals surface area contributed by atoms with Crippen molar-refractivity contribution in [1.29, 1.82) is 0 Å². The molecule has 0 saturated heterocycles. The average molecular weight is 350 g/mol. The minimum absolute atomic E-state index is 0.179. The summed E-state index contributed by atoms with van der Waals surface area (Å²) in [7, 11) is 0. The maximum atomic E-state index is 12.2. The van der Waals surface area contributed by atoms with Gasteiger partial charge in [-0.1, -0.05) is 18.2 Å². The lowest BCUT2D eigenvalue weighted by molar-refractivity contribution is -0.120. The monoisotopic (exact) mass is 350 g/mol. The number of nitrogens with zero attached hydrogens (tertiary/aromatic N) is 2. The van der Waals surface area contributed by atoms with E-state index in [1.165, 1.54) is 4.68 Å². The number of rotatable bonds is 3. The highest BCUT2D eigenvalue weighted by Crippen LogP contribution is 2.14. The van der Waals surface area contributed by atoms with E-state index in [1.807, 2.05) is 26.0 Å². The molecule has 0 radical (unpaired) electrons. The number of fused-ring (bicyclic) bond motifs is 1. The van der Waals surface area contributed by atoms with Gasteiger partial charge in [-0.15, -0.1) is 0 Å². The van der Waals surface area contributed by atoms with Crippen molar-refractivity contribution < 1.29 is 9.59 Å². The van der Waals surface area contributed by atoms with Crippen LogP contribution in [0.25, 0.3) is 10.9 Å². The summed E-state index contributed by atoms with van der Waals surface area (Å²) in [5.74, 6) is -0.535. The van der Waals surface area contributed by atoms with Crippen LogP contribution in [-0.4, -0.2) is 21.7 Å². The zero-order valence-corrected chi connectivity index (χ0v) is 14.4. The molecular formula is C19H18N4O3. The lowest BCUT2D eigenvalue weighted by Crippen LogP contribution is -2.37. The molecule has 132 valence electrons. The fourth-order valence-corrected chi connectivity index (χ4v) is 2.57. The Kier molecular flexibility index (Phi) is 4.79. The minimum Gasteiger partial charge on any atom is -0.308 e. The zero-order chi connectivity index (χ0) is 18.7. The average Bonchev–Trinajstić information content (AvgIpc) is 2.61. The number of nitrogens with one attached hydrogen (secondary N) is 2. The minimum atomic E-state index is -0.622. The van der Waals surface area contributed by atoms with Gasteiger partial charge in [-0.3, -0.25) is 19.6 Å². The third kappa shape index (κ3) is 3.77. The molecular weight excluding hydrogens is 332 g/mol. The number of amides is 3. The van der Waals surface area contributed by atoms with Gasteiger partial charge in [-0.05, 0) is 49.2 Å². The van der Waals surface area contributed by atoms with Crippen molar-refractivity contribution in [3.05, 3.63) is 70.0 Å². The predicted molar refractivity (Wildman–Crippen MR) is 99.1 cm³/mol. The summed E-state index contributed by atoms with van der Waals surface area (Å²) < 4.78 is 1.38. The first kappa shape index (κ1) is 17.3. The Morgan fingerprint density at radius 1 is 1.08 bits per heavy atom. The molecule has 26 heavy (non-hydrogen) atoms. The Labute approximate surface area is 149 Å². The largest absolute Gasteiger partial charge is 0.325 e. The van der Waals surface area contributed by atoms with Crippen LogP contribution >= 0.6 is 0 Å². The molecule has 3 amide bonds. The van der Waals surface area contributed by atoms with Gasteiger partial charge in [0.15, 0.2) is 0 Å². The Balaban J connectivity index is 1.69. The molecule has 7 nitrogen and oxygen atoms in total. The van der Waals surface area contributed by atoms with Crippen LogP contribution in [0.1, 0.15) is 11.1 Å².